The largest absolute Gasteiger partial charge is 0.482 e. The van der Waals surface area contributed by atoms with E-state index in [1.807, 2.05) is 49.9 Å². The molecule has 1 aliphatic rings. The third-order valence-electron chi connectivity index (χ3n) is 4.96. The van der Waals surface area contributed by atoms with Gasteiger partial charge in [-0.25, -0.2) is 0 Å². The summed E-state index contributed by atoms with van der Waals surface area (Å²) < 4.78 is 45.4. The van der Waals surface area contributed by atoms with E-state index >= 15 is 0 Å². The lowest BCUT2D eigenvalue weighted by atomic mass is 9.88. The smallest absolute Gasteiger partial charge is 0.416 e. The SMILES string of the molecule is COC1=C(C)C(C)c2ccc(C(F)(F)F)cc2N1Cc1cccc(C)c1. The monoisotopic (exact) mass is 361 g/mol. The highest BCUT2D eigenvalue weighted by molar-refractivity contribution is 5.65. The van der Waals surface area contributed by atoms with Crippen molar-refractivity contribution >= 4 is 5.69 Å². The highest BCUT2D eigenvalue weighted by Gasteiger charge is 2.35. The molecule has 3 rings (SSSR count). The molecule has 2 aromatic carbocycles. The molecule has 1 heterocycles. The zero-order valence-electron chi connectivity index (χ0n) is 15.3. The second-order valence-corrected chi connectivity index (χ2v) is 6.76. The first-order chi connectivity index (χ1) is 12.2. The number of anilines is 1. The fourth-order valence-corrected chi connectivity index (χ4v) is 3.48. The van der Waals surface area contributed by atoms with E-state index in [9.17, 15) is 13.2 Å². The van der Waals surface area contributed by atoms with Gasteiger partial charge in [0.05, 0.1) is 19.2 Å². The van der Waals surface area contributed by atoms with Crippen LogP contribution in [-0.4, -0.2) is 7.11 Å². The van der Waals surface area contributed by atoms with E-state index in [0.29, 0.717) is 18.1 Å². The van der Waals surface area contributed by atoms with Crippen molar-refractivity contribution in [2.75, 3.05) is 12.0 Å². The van der Waals surface area contributed by atoms with E-state index in [-0.39, 0.29) is 5.92 Å². The summed E-state index contributed by atoms with van der Waals surface area (Å²) in [6.45, 7) is 6.40. The number of benzene rings is 2. The van der Waals surface area contributed by atoms with E-state index < -0.39 is 11.7 Å². The first-order valence-electron chi connectivity index (χ1n) is 8.51. The molecule has 0 aliphatic carbocycles. The summed E-state index contributed by atoms with van der Waals surface area (Å²) >= 11 is 0. The Morgan fingerprint density at radius 1 is 1.08 bits per heavy atom. The van der Waals surface area contributed by atoms with E-state index in [0.717, 1.165) is 28.3 Å². The summed E-state index contributed by atoms with van der Waals surface area (Å²) in [5.74, 6) is 0.613. The van der Waals surface area contributed by atoms with Crippen LogP contribution in [0.2, 0.25) is 0 Å². The highest BCUT2D eigenvalue weighted by atomic mass is 19.4. The van der Waals surface area contributed by atoms with Gasteiger partial charge in [-0.3, -0.25) is 0 Å². The van der Waals surface area contributed by atoms with Gasteiger partial charge in [0.25, 0.3) is 0 Å². The zero-order valence-corrected chi connectivity index (χ0v) is 15.3. The summed E-state index contributed by atoms with van der Waals surface area (Å²) in [5.41, 5.74) is 3.92. The summed E-state index contributed by atoms with van der Waals surface area (Å²) in [6, 6.07) is 11.9. The van der Waals surface area contributed by atoms with Gasteiger partial charge in [-0.15, -0.1) is 0 Å². The number of alkyl halides is 3. The van der Waals surface area contributed by atoms with Crippen LogP contribution >= 0.6 is 0 Å². The molecule has 0 radical (unpaired) electrons. The molecule has 0 fully saturated rings. The fourth-order valence-electron chi connectivity index (χ4n) is 3.48. The molecule has 5 heteroatoms. The van der Waals surface area contributed by atoms with Gasteiger partial charge in [0.1, 0.15) is 0 Å². The Hall–Kier alpha value is -2.43. The maximum atomic E-state index is 13.3. The molecule has 1 aliphatic heterocycles. The maximum absolute atomic E-state index is 13.3. The number of nitrogens with zero attached hydrogens (tertiary/aromatic N) is 1. The van der Waals surface area contributed by atoms with Crippen LogP contribution in [0.25, 0.3) is 0 Å². The number of rotatable bonds is 3. The lowest BCUT2D eigenvalue weighted by molar-refractivity contribution is -0.137. The summed E-state index contributed by atoms with van der Waals surface area (Å²) in [7, 11) is 1.56. The van der Waals surface area contributed by atoms with Crippen molar-refractivity contribution in [2.45, 2.75) is 39.4 Å². The molecular formula is C21H22F3NO. The Morgan fingerprint density at radius 3 is 2.42 bits per heavy atom. The number of methoxy groups -OCH3 is 1. The minimum atomic E-state index is -4.38. The van der Waals surface area contributed by atoms with Crippen LogP contribution in [-0.2, 0) is 17.5 Å². The van der Waals surface area contributed by atoms with E-state index in [4.69, 9.17) is 4.74 Å². The molecule has 26 heavy (non-hydrogen) atoms. The molecule has 0 spiro atoms. The van der Waals surface area contributed by atoms with E-state index in [1.165, 1.54) is 6.07 Å². The number of halogens is 3. The van der Waals surface area contributed by atoms with Gasteiger partial charge in [0.2, 0.25) is 0 Å². The van der Waals surface area contributed by atoms with Gasteiger partial charge in [-0.05, 0) is 42.7 Å². The number of hydrogen-bond acceptors (Lipinski definition) is 2. The van der Waals surface area contributed by atoms with Crippen LogP contribution in [0, 0.1) is 6.92 Å². The van der Waals surface area contributed by atoms with Crippen molar-refractivity contribution in [1.29, 1.82) is 0 Å². The van der Waals surface area contributed by atoms with E-state index in [1.54, 1.807) is 13.2 Å². The summed E-state index contributed by atoms with van der Waals surface area (Å²) in [5, 5.41) is 0. The molecule has 138 valence electrons. The number of ether oxygens (including phenoxy) is 1. The van der Waals surface area contributed by atoms with Gasteiger partial charge in [-0.2, -0.15) is 13.2 Å². The molecular weight excluding hydrogens is 339 g/mol. The second-order valence-electron chi connectivity index (χ2n) is 6.76. The zero-order chi connectivity index (χ0) is 19.1. The van der Waals surface area contributed by atoms with Crippen molar-refractivity contribution in [3.05, 3.63) is 76.2 Å². The average Bonchev–Trinajstić information content (AvgIpc) is 2.58. The standard InChI is InChI=1S/C21H22F3NO/c1-13-6-5-7-16(10-13)12-25-19-11-17(21(22,23)24)8-9-18(19)14(2)15(3)20(25)26-4/h5-11,14H,12H2,1-4H3. The quantitative estimate of drug-likeness (QED) is 0.663. The fraction of sp³-hybridized carbons (Fsp3) is 0.333. The van der Waals surface area contributed by atoms with Crippen LogP contribution in [0.4, 0.5) is 18.9 Å². The molecule has 0 amide bonds. The molecule has 0 N–H and O–H groups in total. The normalized spacial score (nSPS) is 17.3. The predicted molar refractivity (Wildman–Crippen MR) is 96.9 cm³/mol. The summed E-state index contributed by atoms with van der Waals surface area (Å²) in [4.78, 5) is 1.84. The van der Waals surface area contributed by atoms with Crippen LogP contribution < -0.4 is 4.90 Å². The van der Waals surface area contributed by atoms with Crippen molar-refractivity contribution < 1.29 is 17.9 Å². The second kappa shape index (κ2) is 6.71. The number of aryl methyl sites for hydroxylation is 1. The van der Waals surface area contributed by atoms with E-state index in [2.05, 4.69) is 0 Å². The molecule has 2 nitrogen and oxygen atoms in total. The molecule has 2 aromatic rings. The Morgan fingerprint density at radius 2 is 1.81 bits per heavy atom. The van der Waals surface area contributed by atoms with Gasteiger partial charge >= 0.3 is 6.18 Å². The Bertz CT molecular complexity index is 855. The highest BCUT2D eigenvalue weighted by Crippen LogP contribution is 2.44. The number of hydrogen-bond donors (Lipinski definition) is 0. The van der Waals surface area contributed by atoms with Crippen LogP contribution in [0.1, 0.15) is 42.0 Å². The minimum absolute atomic E-state index is 0.00371. The van der Waals surface area contributed by atoms with Crippen LogP contribution in [0.15, 0.2) is 53.9 Å². The average molecular weight is 361 g/mol. The predicted octanol–water partition coefficient (Wildman–Crippen LogP) is 6.02. The Labute approximate surface area is 151 Å². The van der Waals surface area contributed by atoms with Crippen LogP contribution in [0.5, 0.6) is 0 Å². The van der Waals surface area contributed by atoms with Gasteiger partial charge in [0, 0.05) is 11.6 Å². The molecule has 0 saturated carbocycles. The maximum Gasteiger partial charge on any atom is 0.416 e. The van der Waals surface area contributed by atoms with Crippen LogP contribution in [0.3, 0.4) is 0 Å². The third kappa shape index (κ3) is 3.30. The Kier molecular flexibility index (Phi) is 4.74. The van der Waals surface area contributed by atoms with Crippen molar-refractivity contribution in [3.63, 3.8) is 0 Å². The van der Waals surface area contributed by atoms with Crippen molar-refractivity contribution in [1.82, 2.24) is 0 Å². The first-order valence-corrected chi connectivity index (χ1v) is 8.51. The van der Waals surface area contributed by atoms with Gasteiger partial charge in [-0.1, -0.05) is 42.8 Å². The lowest BCUT2D eigenvalue weighted by Crippen LogP contribution is -2.30. The molecule has 0 aromatic heterocycles. The first kappa shape index (κ1) is 18.4. The van der Waals surface area contributed by atoms with Gasteiger partial charge < -0.3 is 9.64 Å². The van der Waals surface area contributed by atoms with Crippen molar-refractivity contribution in [3.8, 4) is 0 Å². The van der Waals surface area contributed by atoms with Crippen molar-refractivity contribution in [2.24, 2.45) is 0 Å². The number of allylic oxidation sites excluding steroid dienone is 1. The molecule has 0 bridgehead atoms. The van der Waals surface area contributed by atoms with Gasteiger partial charge in [0.15, 0.2) is 5.88 Å². The number of fused-ring (bicyclic) bond motifs is 1. The lowest BCUT2D eigenvalue weighted by Gasteiger charge is -2.37. The molecule has 1 unspecified atom stereocenters. The minimum Gasteiger partial charge on any atom is -0.482 e. The summed E-state index contributed by atoms with van der Waals surface area (Å²) in [6.07, 6.45) is -4.38. The topological polar surface area (TPSA) is 12.5 Å². The molecule has 1 atom stereocenters. The third-order valence-corrected chi connectivity index (χ3v) is 4.96. The molecule has 0 saturated heterocycles. The Balaban J connectivity index is 2.13.